The van der Waals surface area contributed by atoms with Gasteiger partial charge in [0.1, 0.15) is 0 Å². The standard InChI is InChI=1S/C19H24ClN3O/c1-23(2)18(16-8-4-9-17(20)12-16)14-22-19(24)10-3-6-15-7-5-11-21-13-15/h4-5,7-9,11-13,18H,3,6,10,14H2,1-2H3,(H,22,24). The Labute approximate surface area is 148 Å². The molecular weight excluding hydrogens is 322 g/mol. The first-order valence-corrected chi connectivity index (χ1v) is 8.51. The van der Waals surface area contributed by atoms with Crippen LogP contribution in [-0.4, -0.2) is 36.4 Å². The normalized spacial score (nSPS) is 12.2. The molecular formula is C19H24ClN3O. The molecule has 5 heteroatoms. The van der Waals surface area contributed by atoms with Gasteiger partial charge in [-0.2, -0.15) is 0 Å². The fourth-order valence-corrected chi connectivity index (χ4v) is 2.81. The Balaban J connectivity index is 1.80. The molecule has 0 fully saturated rings. The van der Waals surface area contributed by atoms with Crippen LogP contribution in [0, 0.1) is 0 Å². The zero-order valence-electron chi connectivity index (χ0n) is 14.2. The molecule has 128 valence electrons. The highest BCUT2D eigenvalue weighted by Crippen LogP contribution is 2.21. The number of carbonyl (C=O) groups excluding carboxylic acids is 1. The lowest BCUT2D eigenvalue weighted by Crippen LogP contribution is -2.34. The first-order chi connectivity index (χ1) is 11.6. The monoisotopic (exact) mass is 345 g/mol. The van der Waals surface area contributed by atoms with E-state index in [0.29, 0.717) is 18.0 Å². The average Bonchev–Trinajstić information content (AvgIpc) is 2.56. The van der Waals surface area contributed by atoms with Crippen LogP contribution < -0.4 is 5.32 Å². The van der Waals surface area contributed by atoms with Crippen molar-refractivity contribution in [2.24, 2.45) is 0 Å². The summed E-state index contributed by atoms with van der Waals surface area (Å²) in [5, 5.41) is 3.74. The molecule has 1 aromatic heterocycles. The van der Waals surface area contributed by atoms with Gasteiger partial charge in [0, 0.05) is 30.4 Å². The molecule has 1 heterocycles. The Hall–Kier alpha value is -1.91. The van der Waals surface area contributed by atoms with Gasteiger partial charge >= 0.3 is 0 Å². The van der Waals surface area contributed by atoms with Crippen molar-refractivity contribution >= 4 is 17.5 Å². The summed E-state index contributed by atoms with van der Waals surface area (Å²) in [5.74, 6) is 0.0766. The second kappa shape index (κ2) is 9.40. The number of hydrogen-bond acceptors (Lipinski definition) is 3. The minimum atomic E-state index is 0.0766. The van der Waals surface area contributed by atoms with E-state index in [9.17, 15) is 4.79 Å². The summed E-state index contributed by atoms with van der Waals surface area (Å²) in [6.45, 7) is 0.569. The van der Waals surface area contributed by atoms with Crippen LogP contribution in [-0.2, 0) is 11.2 Å². The molecule has 2 rings (SSSR count). The van der Waals surface area contributed by atoms with E-state index in [2.05, 4.69) is 15.2 Å². The maximum atomic E-state index is 12.1. The van der Waals surface area contributed by atoms with Crippen LogP contribution in [0.5, 0.6) is 0 Å². The number of nitrogens with zero attached hydrogens (tertiary/aromatic N) is 2. The SMILES string of the molecule is CN(C)C(CNC(=O)CCCc1cccnc1)c1cccc(Cl)c1. The maximum Gasteiger partial charge on any atom is 0.220 e. The first kappa shape index (κ1) is 18.4. The smallest absolute Gasteiger partial charge is 0.220 e. The maximum absolute atomic E-state index is 12.1. The minimum Gasteiger partial charge on any atom is -0.354 e. The van der Waals surface area contributed by atoms with Crippen molar-refractivity contribution in [3.8, 4) is 0 Å². The number of halogens is 1. The third kappa shape index (κ3) is 5.95. The number of likely N-dealkylation sites (N-methyl/N-ethyl adjacent to an activating group) is 1. The molecule has 0 aliphatic heterocycles. The Morgan fingerprint density at radius 3 is 2.79 bits per heavy atom. The van der Waals surface area contributed by atoms with Crippen molar-refractivity contribution in [3.63, 3.8) is 0 Å². The Morgan fingerprint density at radius 2 is 2.12 bits per heavy atom. The second-order valence-electron chi connectivity index (χ2n) is 6.05. The van der Waals surface area contributed by atoms with Gasteiger partial charge in [0.05, 0.1) is 6.04 Å². The van der Waals surface area contributed by atoms with Gasteiger partial charge < -0.3 is 10.2 Å². The quantitative estimate of drug-likeness (QED) is 0.796. The highest BCUT2D eigenvalue weighted by Gasteiger charge is 2.15. The van der Waals surface area contributed by atoms with E-state index in [1.807, 2.05) is 56.7 Å². The van der Waals surface area contributed by atoms with Crippen LogP contribution in [0.3, 0.4) is 0 Å². The van der Waals surface area contributed by atoms with E-state index in [4.69, 9.17) is 11.6 Å². The van der Waals surface area contributed by atoms with Crippen molar-refractivity contribution in [3.05, 3.63) is 64.9 Å². The van der Waals surface area contributed by atoms with E-state index < -0.39 is 0 Å². The van der Waals surface area contributed by atoms with Crippen LogP contribution in [0.15, 0.2) is 48.8 Å². The zero-order chi connectivity index (χ0) is 17.4. The van der Waals surface area contributed by atoms with E-state index in [-0.39, 0.29) is 11.9 Å². The summed E-state index contributed by atoms with van der Waals surface area (Å²) in [4.78, 5) is 18.3. The number of nitrogens with one attached hydrogen (secondary N) is 1. The molecule has 0 aliphatic carbocycles. The molecule has 1 amide bonds. The summed E-state index contributed by atoms with van der Waals surface area (Å²) < 4.78 is 0. The Morgan fingerprint density at radius 1 is 1.29 bits per heavy atom. The van der Waals surface area contributed by atoms with Gasteiger partial charge in [0.15, 0.2) is 0 Å². The number of carbonyl (C=O) groups is 1. The van der Waals surface area contributed by atoms with Crippen LogP contribution in [0.2, 0.25) is 5.02 Å². The molecule has 0 radical (unpaired) electrons. The lowest BCUT2D eigenvalue weighted by Gasteiger charge is -2.25. The summed E-state index contributed by atoms with van der Waals surface area (Å²) in [6.07, 6.45) is 5.81. The van der Waals surface area contributed by atoms with E-state index in [0.717, 1.165) is 24.0 Å². The van der Waals surface area contributed by atoms with Crippen LogP contribution in [0.25, 0.3) is 0 Å². The number of pyridine rings is 1. The Bertz CT molecular complexity index is 646. The number of aryl methyl sites for hydroxylation is 1. The molecule has 1 aromatic carbocycles. The van der Waals surface area contributed by atoms with Crippen molar-refractivity contribution < 1.29 is 4.79 Å². The Kier molecular flexibility index (Phi) is 7.22. The fourth-order valence-electron chi connectivity index (χ4n) is 2.61. The lowest BCUT2D eigenvalue weighted by atomic mass is 10.1. The summed E-state index contributed by atoms with van der Waals surface area (Å²) >= 11 is 6.07. The van der Waals surface area contributed by atoms with Gasteiger partial charge in [-0.05, 0) is 56.3 Å². The molecule has 2 aromatic rings. The largest absolute Gasteiger partial charge is 0.354 e. The first-order valence-electron chi connectivity index (χ1n) is 8.14. The number of rotatable bonds is 8. The van der Waals surface area contributed by atoms with E-state index in [1.165, 1.54) is 0 Å². The third-order valence-corrected chi connectivity index (χ3v) is 4.18. The summed E-state index contributed by atoms with van der Waals surface area (Å²) in [6, 6.07) is 11.8. The summed E-state index contributed by atoms with van der Waals surface area (Å²) in [5.41, 5.74) is 2.26. The van der Waals surface area contributed by atoms with Gasteiger partial charge in [-0.1, -0.05) is 29.8 Å². The highest BCUT2D eigenvalue weighted by atomic mass is 35.5. The minimum absolute atomic E-state index is 0.0766. The second-order valence-corrected chi connectivity index (χ2v) is 6.49. The zero-order valence-corrected chi connectivity index (χ0v) is 15.0. The molecule has 1 atom stereocenters. The van der Waals surface area contributed by atoms with Gasteiger partial charge in [-0.15, -0.1) is 0 Å². The van der Waals surface area contributed by atoms with Crippen LogP contribution in [0.1, 0.15) is 30.0 Å². The molecule has 1 unspecified atom stereocenters. The van der Waals surface area contributed by atoms with E-state index in [1.54, 1.807) is 6.20 Å². The predicted octanol–water partition coefficient (Wildman–Crippen LogP) is 3.48. The summed E-state index contributed by atoms with van der Waals surface area (Å²) in [7, 11) is 4.00. The van der Waals surface area contributed by atoms with Crippen molar-refractivity contribution in [2.45, 2.75) is 25.3 Å². The average molecular weight is 346 g/mol. The number of benzene rings is 1. The lowest BCUT2D eigenvalue weighted by molar-refractivity contribution is -0.121. The number of hydrogen-bond donors (Lipinski definition) is 1. The highest BCUT2D eigenvalue weighted by molar-refractivity contribution is 6.30. The van der Waals surface area contributed by atoms with Gasteiger partial charge in [0.2, 0.25) is 5.91 Å². The van der Waals surface area contributed by atoms with Crippen LogP contribution >= 0.6 is 11.6 Å². The predicted molar refractivity (Wildman–Crippen MR) is 98.1 cm³/mol. The van der Waals surface area contributed by atoms with E-state index >= 15 is 0 Å². The molecule has 0 saturated heterocycles. The molecule has 0 bridgehead atoms. The molecule has 24 heavy (non-hydrogen) atoms. The van der Waals surface area contributed by atoms with Crippen molar-refractivity contribution in [1.82, 2.24) is 15.2 Å². The van der Waals surface area contributed by atoms with Gasteiger partial charge in [0.25, 0.3) is 0 Å². The number of amides is 1. The molecule has 0 aliphatic rings. The number of aromatic nitrogens is 1. The van der Waals surface area contributed by atoms with Crippen molar-refractivity contribution in [2.75, 3.05) is 20.6 Å². The molecule has 0 saturated carbocycles. The molecule has 0 spiro atoms. The molecule has 4 nitrogen and oxygen atoms in total. The van der Waals surface area contributed by atoms with Crippen molar-refractivity contribution in [1.29, 1.82) is 0 Å². The van der Waals surface area contributed by atoms with Gasteiger partial charge in [-0.25, -0.2) is 0 Å². The molecule has 1 N–H and O–H groups in total. The third-order valence-electron chi connectivity index (χ3n) is 3.94. The van der Waals surface area contributed by atoms with Crippen LogP contribution in [0.4, 0.5) is 0 Å². The fraction of sp³-hybridized carbons (Fsp3) is 0.368. The topological polar surface area (TPSA) is 45.2 Å². The van der Waals surface area contributed by atoms with Gasteiger partial charge in [-0.3, -0.25) is 9.78 Å².